The third-order valence-corrected chi connectivity index (χ3v) is 3.13. The van der Waals surface area contributed by atoms with Crippen LogP contribution in [-0.2, 0) is 9.53 Å². The second kappa shape index (κ2) is 8.03. The van der Waals surface area contributed by atoms with Crippen LogP contribution >= 0.6 is 15.9 Å². The molecule has 4 nitrogen and oxygen atoms in total. The van der Waals surface area contributed by atoms with Crippen LogP contribution in [0.4, 0.5) is 0 Å². The summed E-state index contributed by atoms with van der Waals surface area (Å²) in [6.45, 7) is 7.57. The number of alkyl halides is 1. The Morgan fingerprint density at radius 2 is 2.12 bits per heavy atom. The summed E-state index contributed by atoms with van der Waals surface area (Å²) in [4.78, 5) is 16.1. The summed E-state index contributed by atoms with van der Waals surface area (Å²) in [7, 11) is 0. The summed E-state index contributed by atoms with van der Waals surface area (Å²) in [6.07, 6.45) is 1.06. The predicted molar refractivity (Wildman–Crippen MR) is 67.9 cm³/mol. The van der Waals surface area contributed by atoms with E-state index in [1.165, 1.54) is 0 Å². The van der Waals surface area contributed by atoms with Gasteiger partial charge < -0.3 is 14.5 Å². The molecule has 1 saturated heterocycles. The van der Waals surface area contributed by atoms with Crippen molar-refractivity contribution in [3.63, 3.8) is 0 Å². The number of amides is 1. The van der Waals surface area contributed by atoms with E-state index in [2.05, 4.69) is 20.8 Å². The van der Waals surface area contributed by atoms with E-state index in [-0.39, 0.29) is 12.5 Å². The maximum absolute atomic E-state index is 11.7. The van der Waals surface area contributed by atoms with E-state index in [9.17, 15) is 4.79 Å². The van der Waals surface area contributed by atoms with E-state index >= 15 is 0 Å². The zero-order valence-corrected chi connectivity index (χ0v) is 11.5. The lowest BCUT2D eigenvalue weighted by molar-refractivity contribution is -0.135. The molecule has 0 aliphatic carbocycles. The highest BCUT2D eigenvalue weighted by Gasteiger charge is 2.18. The fourth-order valence-corrected chi connectivity index (χ4v) is 2.35. The third kappa shape index (κ3) is 4.80. The molecule has 0 N–H and O–H groups in total. The highest BCUT2D eigenvalue weighted by molar-refractivity contribution is 9.09. The molecule has 1 fully saturated rings. The summed E-state index contributed by atoms with van der Waals surface area (Å²) in [5.74, 6) is 0.127. The number of rotatable bonds is 5. The molecule has 0 aromatic rings. The van der Waals surface area contributed by atoms with Crippen molar-refractivity contribution in [3.8, 4) is 0 Å². The smallest absolute Gasteiger partial charge is 0.248 e. The first-order chi connectivity index (χ1) is 7.77. The van der Waals surface area contributed by atoms with Gasteiger partial charge in [-0.05, 0) is 19.9 Å². The van der Waals surface area contributed by atoms with Gasteiger partial charge in [-0.15, -0.1) is 0 Å². The van der Waals surface area contributed by atoms with Crippen LogP contribution in [0.1, 0.15) is 13.3 Å². The number of ether oxygens (including phenoxy) is 1. The van der Waals surface area contributed by atoms with Crippen molar-refractivity contribution < 1.29 is 9.53 Å². The average molecular weight is 293 g/mol. The van der Waals surface area contributed by atoms with E-state index in [0.29, 0.717) is 6.61 Å². The Morgan fingerprint density at radius 1 is 1.31 bits per heavy atom. The van der Waals surface area contributed by atoms with Crippen molar-refractivity contribution in [2.75, 3.05) is 51.3 Å². The van der Waals surface area contributed by atoms with Gasteiger partial charge in [0.05, 0.1) is 0 Å². The Kier molecular flexibility index (Phi) is 7.00. The molecule has 0 atom stereocenters. The number of carbonyl (C=O) groups excluding carboxylic acids is 1. The largest absolute Gasteiger partial charge is 0.372 e. The molecule has 1 amide bonds. The Morgan fingerprint density at radius 3 is 2.81 bits per heavy atom. The Balaban J connectivity index is 2.31. The predicted octanol–water partition coefficient (Wildman–Crippen LogP) is 0.952. The fourth-order valence-electron chi connectivity index (χ4n) is 1.84. The minimum atomic E-state index is 0.127. The van der Waals surface area contributed by atoms with Gasteiger partial charge in [0.1, 0.15) is 6.61 Å². The standard InChI is InChI=1S/C11H21BrN2O2/c1-2-16-10-11(15)14-6-3-5-13(7-4-12)8-9-14/h2-10H2,1H3. The van der Waals surface area contributed by atoms with Gasteiger partial charge in [-0.3, -0.25) is 4.79 Å². The molecule has 0 spiro atoms. The maximum Gasteiger partial charge on any atom is 0.248 e. The summed E-state index contributed by atoms with van der Waals surface area (Å²) in [5, 5.41) is 1.000. The molecular weight excluding hydrogens is 272 g/mol. The van der Waals surface area contributed by atoms with Crippen molar-refractivity contribution in [1.29, 1.82) is 0 Å². The highest BCUT2D eigenvalue weighted by atomic mass is 79.9. The van der Waals surface area contributed by atoms with Gasteiger partial charge in [0.2, 0.25) is 5.91 Å². The van der Waals surface area contributed by atoms with Crippen LogP contribution in [0.3, 0.4) is 0 Å². The van der Waals surface area contributed by atoms with Gasteiger partial charge in [-0.2, -0.15) is 0 Å². The fraction of sp³-hybridized carbons (Fsp3) is 0.909. The maximum atomic E-state index is 11.7. The van der Waals surface area contributed by atoms with E-state index in [1.54, 1.807) is 0 Å². The highest BCUT2D eigenvalue weighted by Crippen LogP contribution is 2.04. The van der Waals surface area contributed by atoms with Crippen molar-refractivity contribution in [3.05, 3.63) is 0 Å². The molecule has 0 aromatic heterocycles. The van der Waals surface area contributed by atoms with E-state index < -0.39 is 0 Å². The minimum absolute atomic E-state index is 0.127. The van der Waals surface area contributed by atoms with Gasteiger partial charge in [-0.1, -0.05) is 15.9 Å². The molecule has 0 aromatic carbocycles. The van der Waals surface area contributed by atoms with Gasteiger partial charge in [-0.25, -0.2) is 0 Å². The molecule has 0 unspecified atom stereocenters. The molecule has 1 aliphatic heterocycles. The second-order valence-corrected chi connectivity index (χ2v) is 4.70. The normalized spacial score (nSPS) is 18.5. The van der Waals surface area contributed by atoms with Gasteiger partial charge in [0, 0.05) is 38.1 Å². The van der Waals surface area contributed by atoms with Crippen LogP contribution in [0.5, 0.6) is 0 Å². The van der Waals surface area contributed by atoms with E-state index in [0.717, 1.165) is 44.5 Å². The zero-order chi connectivity index (χ0) is 11.8. The molecule has 0 saturated carbocycles. The lowest BCUT2D eigenvalue weighted by Crippen LogP contribution is -2.37. The number of halogens is 1. The molecule has 1 heterocycles. The van der Waals surface area contributed by atoms with Crippen LogP contribution < -0.4 is 0 Å². The van der Waals surface area contributed by atoms with E-state index in [4.69, 9.17) is 4.74 Å². The third-order valence-electron chi connectivity index (χ3n) is 2.77. The average Bonchev–Trinajstić information content (AvgIpc) is 2.52. The number of hydrogen-bond donors (Lipinski definition) is 0. The van der Waals surface area contributed by atoms with Gasteiger partial charge >= 0.3 is 0 Å². The Bertz CT molecular complexity index is 214. The lowest BCUT2D eigenvalue weighted by Gasteiger charge is -2.21. The van der Waals surface area contributed by atoms with Crippen LogP contribution in [-0.4, -0.2) is 67.0 Å². The monoisotopic (exact) mass is 292 g/mol. The topological polar surface area (TPSA) is 32.8 Å². The van der Waals surface area contributed by atoms with Crippen LogP contribution in [0.25, 0.3) is 0 Å². The van der Waals surface area contributed by atoms with Crippen LogP contribution in [0.2, 0.25) is 0 Å². The zero-order valence-electron chi connectivity index (χ0n) is 9.95. The summed E-state index contributed by atoms with van der Waals surface area (Å²) >= 11 is 3.45. The molecule has 1 aliphatic rings. The molecule has 94 valence electrons. The molecular formula is C11H21BrN2O2. The van der Waals surface area contributed by atoms with E-state index in [1.807, 2.05) is 11.8 Å². The second-order valence-electron chi connectivity index (χ2n) is 3.90. The van der Waals surface area contributed by atoms with Crippen molar-refractivity contribution in [2.24, 2.45) is 0 Å². The van der Waals surface area contributed by atoms with Crippen molar-refractivity contribution in [1.82, 2.24) is 9.80 Å². The van der Waals surface area contributed by atoms with Crippen molar-refractivity contribution in [2.45, 2.75) is 13.3 Å². The van der Waals surface area contributed by atoms with Crippen LogP contribution in [0, 0.1) is 0 Å². The number of nitrogens with zero attached hydrogens (tertiary/aromatic N) is 2. The molecule has 1 rings (SSSR count). The van der Waals surface area contributed by atoms with Gasteiger partial charge in [0.15, 0.2) is 0 Å². The quantitative estimate of drug-likeness (QED) is 0.708. The van der Waals surface area contributed by atoms with Gasteiger partial charge in [0.25, 0.3) is 0 Å². The van der Waals surface area contributed by atoms with Crippen LogP contribution in [0.15, 0.2) is 0 Å². The first kappa shape index (κ1) is 13.9. The number of hydrogen-bond acceptors (Lipinski definition) is 3. The van der Waals surface area contributed by atoms with Crippen molar-refractivity contribution >= 4 is 21.8 Å². The summed E-state index contributed by atoms with van der Waals surface area (Å²) in [6, 6.07) is 0. The molecule has 5 heteroatoms. The number of carbonyl (C=O) groups is 1. The molecule has 0 bridgehead atoms. The summed E-state index contributed by atoms with van der Waals surface area (Å²) < 4.78 is 5.15. The molecule has 0 radical (unpaired) electrons. The Hall–Kier alpha value is -0.130. The first-order valence-electron chi connectivity index (χ1n) is 5.91. The first-order valence-corrected chi connectivity index (χ1v) is 7.04. The molecule has 16 heavy (non-hydrogen) atoms. The summed E-state index contributed by atoms with van der Waals surface area (Å²) in [5.41, 5.74) is 0. The minimum Gasteiger partial charge on any atom is -0.372 e. The Labute approximate surface area is 106 Å². The SMILES string of the molecule is CCOCC(=O)N1CCCN(CCBr)CC1. The lowest BCUT2D eigenvalue weighted by atomic mass is 10.4.